The normalized spacial score (nSPS) is 21.1. The van der Waals surface area contributed by atoms with Crippen molar-refractivity contribution in [3.63, 3.8) is 0 Å². The number of carbonyl (C=O) groups is 1. The summed E-state index contributed by atoms with van der Waals surface area (Å²) in [6.07, 6.45) is -2.96. The number of nitrogens with zero attached hydrogens (tertiary/aromatic N) is 2. The van der Waals surface area contributed by atoms with Crippen LogP contribution in [0, 0.1) is 0 Å². The smallest absolute Gasteiger partial charge is 0.362 e. The minimum absolute atomic E-state index is 0.0127. The number of alkyl halides is 3. The molecular formula is C16H18BrF3N2O2. The molecule has 4 nitrogen and oxygen atoms in total. The van der Waals surface area contributed by atoms with Gasteiger partial charge in [-0.1, -0.05) is 31.9 Å². The van der Waals surface area contributed by atoms with Crippen molar-refractivity contribution >= 4 is 27.5 Å². The van der Waals surface area contributed by atoms with E-state index in [1.54, 1.807) is 12.1 Å². The molecule has 24 heavy (non-hydrogen) atoms. The highest BCUT2D eigenvalue weighted by Crippen LogP contribution is 2.42. The summed E-state index contributed by atoms with van der Waals surface area (Å²) >= 11 is 3.14. The van der Waals surface area contributed by atoms with E-state index in [2.05, 4.69) is 21.0 Å². The third-order valence-corrected chi connectivity index (χ3v) is 4.55. The summed E-state index contributed by atoms with van der Waals surface area (Å²) in [6.45, 7) is 1.98. The van der Waals surface area contributed by atoms with Crippen molar-refractivity contribution in [3.05, 3.63) is 34.3 Å². The topological polar surface area (TPSA) is 52.9 Å². The maximum absolute atomic E-state index is 13.4. The highest BCUT2D eigenvalue weighted by molar-refractivity contribution is 9.10. The third kappa shape index (κ3) is 3.64. The van der Waals surface area contributed by atoms with Crippen LogP contribution in [0.2, 0.25) is 0 Å². The van der Waals surface area contributed by atoms with Gasteiger partial charge in [0.15, 0.2) is 0 Å². The third-order valence-electron chi connectivity index (χ3n) is 3.86. The Morgan fingerprint density at radius 2 is 2.04 bits per heavy atom. The molecule has 1 N–H and O–H groups in total. The van der Waals surface area contributed by atoms with E-state index in [1.165, 1.54) is 12.1 Å². The van der Waals surface area contributed by atoms with E-state index in [1.807, 2.05) is 6.92 Å². The van der Waals surface area contributed by atoms with Gasteiger partial charge in [0.25, 0.3) is 11.6 Å². The van der Waals surface area contributed by atoms with Crippen molar-refractivity contribution in [2.24, 2.45) is 5.10 Å². The van der Waals surface area contributed by atoms with Gasteiger partial charge in [-0.2, -0.15) is 23.3 Å². The van der Waals surface area contributed by atoms with E-state index in [0.717, 1.165) is 12.8 Å². The molecule has 1 atom stereocenters. The Bertz CT molecular complexity index is 648. The fourth-order valence-corrected chi connectivity index (χ4v) is 2.97. The molecule has 0 bridgehead atoms. The molecule has 0 spiro atoms. The van der Waals surface area contributed by atoms with Gasteiger partial charge in [-0.15, -0.1) is 0 Å². The van der Waals surface area contributed by atoms with Gasteiger partial charge in [-0.3, -0.25) is 4.79 Å². The molecule has 0 saturated heterocycles. The molecule has 1 heterocycles. The molecule has 0 radical (unpaired) electrons. The largest absolute Gasteiger partial charge is 0.438 e. The second kappa shape index (κ2) is 7.23. The molecule has 0 unspecified atom stereocenters. The van der Waals surface area contributed by atoms with Crippen LogP contribution in [0.3, 0.4) is 0 Å². The van der Waals surface area contributed by atoms with Crippen molar-refractivity contribution < 1.29 is 23.1 Å². The van der Waals surface area contributed by atoms with Crippen molar-refractivity contribution in [1.82, 2.24) is 5.01 Å². The Labute approximate surface area is 146 Å². The average Bonchev–Trinajstić information content (AvgIpc) is 2.85. The van der Waals surface area contributed by atoms with Crippen LogP contribution in [0.4, 0.5) is 13.2 Å². The predicted molar refractivity (Wildman–Crippen MR) is 87.5 cm³/mol. The maximum Gasteiger partial charge on any atom is 0.438 e. The molecular weight excluding hydrogens is 389 g/mol. The van der Waals surface area contributed by atoms with E-state index in [4.69, 9.17) is 0 Å². The van der Waals surface area contributed by atoms with E-state index < -0.39 is 24.2 Å². The number of carbonyl (C=O) groups excluding carboxylic acids is 1. The highest BCUT2D eigenvalue weighted by Gasteiger charge is 2.63. The first-order valence-electron chi connectivity index (χ1n) is 7.65. The fraction of sp³-hybridized carbons (Fsp3) is 0.500. The number of hydrogen-bond donors (Lipinski definition) is 1. The second-order valence-corrected chi connectivity index (χ2v) is 6.57. The molecule has 1 aliphatic heterocycles. The first-order chi connectivity index (χ1) is 11.2. The summed E-state index contributed by atoms with van der Waals surface area (Å²) in [5.74, 6) is -0.993. The number of benzene rings is 1. The summed E-state index contributed by atoms with van der Waals surface area (Å²) in [6, 6.07) is 6.10. The van der Waals surface area contributed by atoms with E-state index in [-0.39, 0.29) is 16.3 Å². The van der Waals surface area contributed by atoms with E-state index in [0.29, 0.717) is 17.3 Å². The van der Waals surface area contributed by atoms with Crippen LogP contribution in [0.15, 0.2) is 33.8 Å². The first-order valence-corrected chi connectivity index (χ1v) is 8.44. The lowest BCUT2D eigenvalue weighted by Gasteiger charge is -2.32. The van der Waals surface area contributed by atoms with Crippen LogP contribution in [0.25, 0.3) is 0 Å². The van der Waals surface area contributed by atoms with Gasteiger partial charge in [0.05, 0.1) is 5.56 Å². The molecule has 8 heteroatoms. The molecule has 132 valence electrons. The molecule has 1 aromatic carbocycles. The molecule has 1 aromatic rings. The number of unbranched alkanes of at least 4 members (excludes halogenated alkanes) is 2. The first kappa shape index (κ1) is 18.9. The molecule has 0 aliphatic carbocycles. The number of amides is 1. The van der Waals surface area contributed by atoms with Crippen molar-refractivity contribution in [2.75, 3.05) is 0 Å². The molecule has 0 saturated carbocycles. The Hall–Kier alpha value is -1.41. The summed E-state index contributed by atoms with van der Waals surface area (Å²) in [5, 5.41) is 14.2. The number of hydrazone groups is 1. The Morgan fingerprint density at radius 3 is 2.62 bits per heavy atom. The van der Waals surface area contributed by atoms with Gasteiger partial charge in [0.1, 0.15) is 0 Å². The van der Waals surface area contributed by atoms with Crippen molar-refractivity contribution in [2.45, 2.75) is 50.9 Å². The van der Waals surface area contributed by atoms with Crippen molar-refractivity contribution in [3.8, 4) is 0 Å². The van der Waals surface area contributed by atoms with E-state index >= 15 is 0 Å². The van der Waals surface area contributed by atoms with Crippen molar-refractivity contribution in [1.29, 1.82) is 0 Å². The monoisotopic (exact) mass is 406 g/mol. The van der Waals surface area contributed by atoms with Gasteiger partial charge in [0, 0.05) is 16.6 Å². The summed E-state index contributed by atoms with van der Waals surface area (Å²) in [5.41, 5.74) is -3.11. The number of rotatable bonds is 5. The lowest BCUT2D eigenvalue weighted by atomic mass is 10.0. The SMILES string of the molecule is CCCCCC1=NN(C(=O)c2ccccc2Br)[C@@](O)(C(F)(F)F)C1. The molecule has 0 fully saturated rings. The lowest BCUT2D eigenvalue weighted by molar-refractivity contribution is -0.297. The zero-order valence-corrected chi connectivity index (χ0v) is 14.7. The van der Waals surface area contributed by atoms with Crippen LogP contribution in [-0.2, 0) is 0 Å². The Balaban J connectivity index is 2.34. The lowest BCUT2D eigenvalue weighted by Crippen LogP contribution is -2.56. The Morgan fingerprint density at radius 1 is 1.38 bits per heavy atom. The Kier molecular flexibility index (Phi) is 5.70. The fourth-order valence-electron chi connectivity index (χ4n) is 2.52. The molecule has 1 amide bonds. The quantitative estimate of drug-likeness (QED) is 0.732. The standard InChI is InChI=1S/C16H18BrF3N2O2/c1-2-3-4-7-11-10-15(24,16(18,19)20)22(21-11)14(23)12-8-5-6-9-13(12)17/h5-6,8-9,24H,2-4,7,10H2,1H3/t15-/m0/s1. The summed E-state index contributed by atoms with van der Waals surface area (Å²) in [7, 11) is 0. The van der Waals surface area contributed by atoms with Gasteiger partial charge in [-0.05, 0) is 40.9 Å². The number of halogens is 4. The minimum Gasteiger partial charge on any atom is -0.362 e. The number of hydrogen-bond acceptors (Lipinski definition) is 3. The van der Waals surface area contributed by atoms with Gasteiger partial charge >= 0.3 is 6.18 Å². The van der Waals surface area contributed by atoms with Crippen LogP contribution in [0.1, 0.15) is 49.4 Å². The van der Waals surface area contributed by atoms with Crippen LogP contribution in [-0.4, -0.2) is 33.6 Å². The zero-order chi connectivity index (χ0) is 18.0. The van der Waals surface area contributed by atoms with Crippen LogP contribution < -0.4 is 0 Å². The highest BCUT2D eigenvalue weighted by atomic mass is 79.9. The van der Waals surface area contributed by atoms with Gasteiger partial charge in [-0.25, -0.2) is 0 Å². The van der Waals surface area contributed by atoms with Crippen LogP contribution in [0.5, 0.6) is 0 Å². The second-order valence-electron chi connectivity index (χ2n) is 5.71. The zero-order valence-electron chi connectivity index (χ0n) is 13.1. The average molecular weight is 407 g/mol. The molecule has 2 rings (SSSR count). The molecule has 0 aromatic heterocycles. The summed E-state index contributed by atoms with van der Waals surface area (Å²) in [4.78, 5) is 12.5. The van der Waals surface area contributed by atoms with Gasteiger partial charge < -0.3 is 5.11 Å². The van der Waals surface area contributed by atoms with Gasteiger partial charge in [0.2, 0.25) is 0 Å². The predicted octanol–water partition coefficient (Wildman–Crippen LogP) is 4.48. The minimum atomic E-state index is -5.00. The van der Waals surface area contributed by atoms with E-state index in [9.17, 15) is 23.1 Å². The van der Waals surface area contributed by atoms with Crippen LogP contribution >= 0.6 is 15.9 Å². The summed E-state index contributed by atoms with van der Waals surface area (Å²) < 4.78 is 40.6. The number of aliphatic hydroxyl groups is 1. The molecule has 1 aliphatic rings. The maximum atomic E-state index is 13.4.